The van der Waals surface area contributed by atoms with Gasteiger partial charge in [0.05, 0.1) is 0 Å². The monoisotopic (exact) mass is 333 g/mol. The van der Waals surface area contributed by atoms with Crippen molar-refractivity contribution in [2.45, 2.75) is 65.7 Å². The Labute approximate surface area is 146 Å². The molecule has 0 atom stereocenters. The van der Waals surface area contributed by atoms with Crippen molar-refractivity contribution in [3.05, 3.63) is 33.7 Å². The van der Waals surface area contributed by atoms with Crippen LogP contribution in [0.3, 0.4) is 0 Å². The number of hydrogen-bond acceptors (Lipinski definition) is 3. The van der Waals surface area contributed by atoms with Crippen LogP contribution in [0, 0.1) is 0 Å². The van der Waals surface area contributed by atoms with Crippen LogP contribution in [0.15, 0.2) is 17.0 Å². The maximum absolute atomic E-state index is 10.8. The molecule has 0 radical (unpaired) electrons. The lowest BCUT2D eigenvalue weighted by Crippen LogP contribution is -2.17. The third kappa shape index (κ3) is 4.33. The van der Waals surface area contributed by atoms with Crippen LogP contribution in [-0.2, 0) is 10.8 Å². The molecule has 0 bridgehead atoms. The molecule has 1 aromatic carbocycles. The van der Waals surface area contributed by atoms with Crippen LogP contribution in [0.2, 0.25) is 0 Å². The number of benzene rings is 1. The Morgan fingerprint density at radius 3 is 2.00 bits per heavy atom. The Kier molecular flexibility index (Phi) is 5.22. The zero-order valence-electron chi connectivity index (χ0n) is 15.7. The van der Waals surface area contributed by atoms with E-state index in [0.717, 1.165) is 30.6 Å². The lowest BCUT2D eigenvalue weighted by Gasteiger charge is -2.28. The summed E-state index contributed by atoms with van der Waals surface area (Å²) in [4.78, 5) is 1.41. The van der Waals surface area contributed by atoms with E-state index in [2.05, 4.69) is 71.0 Å². The van der Waals surface area contributed by atoms with Crippen LogP contribution < -0.4 is 0 Å². The maximum Gasteiger partial charge on any atom is 0.123 e. The fourth-order valence-electron chi connectivity index (χ4n) is 2.88. The largest absolute Gasteiger partial charge is 0.507 e. The smallest absolute Gasteiger partial charge is 0.123 e. The van der Waals surface area contributed by atoms with Gasteiger partial charge in [-0.2, -0.15) is 0 Å². The molecule has 0 saturated carbocycles. The molecule has 2 nitrogen and oxygen atoms in total. The molecule has 0 amide bonds. The van der Waals surface area contributed by atoms with Gasteiger partial charge in [-0.15, -0.1) is 0 Å². The van der Waals surface area contributed by atoms with Gasteiger partial charge in [-0.05, 0) is 53.0 Å². The van der Waals surface area contributed by atoms with Gasteiger partial charge in [0.25, 0.3) is 0 Å². The highest BCUT2D eigenvalue weighted by molar-refractivity contribution is 8.01. The third-order valence-electron chi connectivity index (χ3n) is 4.28. The molecule has 1 aromatic rings. The van der Waals surface area contributed by atoms with Gasteiger partial charge in [-0.1, -0.05) is 48.5 Å². The summed E-state index contributed by atoms with van der Waals surface area (Å²) >= 11 is 1.87. The highest BCUT2D eigenvalue weighted by Gasteiger charge is 2.26. The Bertz CT molecular complexity index is 570. The fourth-order valence-corrected chi connectivity index (χ4v) is 3.90. The van der Waals surface area contributed by atoms with Gasteiger partial charge in [0.15, 0.2) is 0 Å². The molecule has 23 heavy (non-hydrogen) atoms. The van der Waals surface area contributed by atoms with E-state index in [-0.39, 0.29) is 10.8 Å². The van der Waals surface area contributed by atoms with Crippen molar-refractivity contribution >= 4 is 18.0 Å². The number of hydrogen-bond donors (Lipinski definition) is 1. The molecule has 2 rings (SSSR count). The number of phenolic OH excluding ortho intramolecular Hbond substituents is 1. The summed E-state index contributed by atoms with van der Waals surface area (Å²) in [5.41, 5.74) is 3.13. The molecule has 1 N–H and O–H groups in total. The minimum Gasteiger partial charge on any atom is -0.507 e. The van der Waals surface area contributed by atoms with Gasteiger partial charge in [0.1, 0.15) is 5.75 Å². The predicted octanol–water partition coefficient (Wildman–Crippen LogP) is 5.70. The van der Waals surface area contributed by atoms with Crippen molar-refractivity contribution < 1.29 is 5.11 Å². The van der Waals surface area contributed by atoms with Crippen LogP contribution in [-0.4, -0.2) is 22.5 Å². The lowest BCUT2D eigenvalue weighted by molar-refractivity contribution is 0.423. The second kappa shape index (κ2) is 6.52. The summed E-state index contributed by atoms with van der Waals surface area (Å²) in [6.07, 6.45) is 3.42. The summed E-state index contributed by atoms with van der Waals surface area (Å²) in [7, 11) is 0. The van der Waals surface area contributed by atoms with Gasteiger partial charge in [0, 0.05) is 29.1 Å². The van der Waals surface area contributed by atoms with Crippen LogP contribution in [0.5, 0.6) is 5.75 Å². The van der Waals surface area contributed by atoms with Crippen molar-refractivity contribution in [3.8, 4) is 5.75 Å². The SMILES string of the molecule is CCN1CC/C(=C/c2cc(C(C)(C)C)c(O)c(C(C)(C)C)c2)S1. The van der Waals surface area contributed by atoms with Crippen molar-refractivity contribution in [2.24, 2.45) is 0 Å². The molecular weight excluding hydrogens is 302 g/mol. The molecule has 3 heteroatoms. The second-order valence-corrected chi connectivity index (χ2v) is 9.66. The minimum absolute atomic E-state index is 0.0725. The first kappa shape index (κ1) is 18.4. The quantitative estimate of drug-likeness (QED) is 0.702. The predicted molar refractivity (Wildman–Crippen MR) is 103 cm³/mol. The first-order valence-electron chi connectivity index (χ1n) is 8.54. The fraction of sp³-hybridized carbons (Fsp3) is 0.600. The molecule has 0 unspecified atom stereocenters. The number of nitrogens with zero attached hydrogens (tertiary/aromatic N) is 1. The van der Waals surface area contributed by atoms with E-state index in [9.17, 15) is 5.11 Å². The zero-order chi connectivity index (χ0) is 17.4. The summed E-state index contributed by atoms with van der Waals surface area (Å²) in [6.45, 7) is 17.4. The molecule has 128 valence electrons. The molecular formula is C20H31NOS. The average Bonchev–Trinajstić information content (AvgIpc) is 2.85. The molecule has 1 fully saturated rings. The first-order chi connectivity index (χ1) is 10.5. The molecule has 1 aliphatic heterocycles. The van der Waals surface area contributed by atoms with E-state index in [1.54, 1.807) is 0 Å². The standard InChI is InChI=1S/C20H31NOS/c1-8-21-10-9-15(23-21)11-14-12-16(19(2,3)4)18(22)17(13-14)20(5,6)7/h11-13,22H,8-10H2,1-7H3/b15-11-. The van der Waals surface area contributed by atoms with E-state index in [0.29, 0.717) is 5.75 Å². The number of phenols is 1. The summed E-state index contributed by atoms with van der Waals surface area (Å²) in [6, 6.07) is 4.32. The van der Waals surface area contributed by atoms with E-state index in [4.69, 9.17) is 0 Å². The lowest BCUT2D eigenvalue weighted by atomic mass is 9.78. The van der Waals surface area contributed by atoms with Crippen LogP contribution in [0.4, 0.5) is 0 Å². The third-order valence-corrected chi connectivity index (χ3v) is 5.54. The topological polar surface area (TPSA) is 23.5 Å². The van der Waals surface area contributed by atoms with E-state index >= 15 is 0 Å². The summed E-state index contributed by atoms with van der Waals surface area (Å²) < 4.78 is 2.39. The van der Waals surface area contributed by atoms with E-state index in [1.165, 1.54) is 10.5 Å². The normalized spacial score (nSPS) is 18.8. The van der Waals surface area contributed by atoms with Crippen molar-refractivity contribution in [2.75, 3.05) is 13.1 Å². The summed E-state index contributed by atoms with van der Waals surface area (Å²) in [5.74, 6) is 0.460. The van der Waals surface area contributed by atoms with Gasteiger partial charge < -0.3 is 5.11 Å². The van der Waals surface area contributed by atoms with Crippen LogP contribution in [0.25, 0.3) is 6.08 Å². The highest BCUT2D eigenvalue weighted by Crippen LogP contribution is 2.41. The first-order valence-corrected chi connectivity index (χ1v) is 9.31. The Morgan fingerprint density at radius 1 is 1.09 bits per heavy atom. The van der Waals surface area contributed by atoms with Crippen LogP contribution in [0.1, 0.15) is 71.6 Å². The molecule has 1 aliphatic rings. The summed E-state index contributed by atoms with van der Waals surface area (Å²) in [5, 5.41) is 10.8. The molecule has 0 aromatic heterocycles. The maximum atomic E-state index is 10.8. The number of aromatic hydroxyl groups is 1. The number of rotatable bonds is 2. The van der Waals surface area contributed by atoms with Gasteiger partial charge in [0.2, 0.25) is 0 Å². The van der Waals surface area contributed by atoms with E-state index < -0.39 is 0 Å². The van der Waals surface area contributed by atoms with Crippen molar-refractivity contribution in [1.29, 1.82) is 0 Å². The van der Waals surface area contributed by atoms with Gasteiger partial charge in [-0.3, -0.25) is 0 Å². The second-order valence-electron chi connectivity index (χ2n) is 8.44. The van der Waals surface area contributed by atoms with Crippen LogP contribution >= 0.6 is 11.9 Å². The Morgan fingerprint density at radius 2 is 1.61 bits per heavy atom. The van der Waals surface area contributed by atoms with Crippen molar-refractivity contribution in [1.82, 2.24) is 4.31 Å². The zero-order valence-corrected chi connectivity index (χ0v) is 16.5. The van der Waals surface area contributed by atoms with Gasteiger partial charge >= 0.3 is 0 Å². The Hall–Kier alpha value is -0.930. The molecule has 1 saturated heterocycles. The van der Waals surface area contributed by atoms with Gasteiger partial charge in [-0.25, -0.2) is 4.31 Å². The highest BCUT2D eigenvalue weighted by atomic mass is 32.2. The van der Waals surface area contributed by atoms with Crippen molar-refractivity contribution in [3.63, 3.8) is 0 Å². The minimum atomic E-state index is -0.0725. The Balaban J connectivity index is 2.51. The molecule has 0 aliphatic carbocycles. The molecule has 1 heterocycles. The van der Waals surface area contributed by atoms with E-state index in [1.807, 2.05) is 11.9 Å². The molecule has 0 spiro atoms. The average molecular weight is 334 g/mol.